The van der Waals surface area contributed by atoms with Gasteiger partial charge in [0.05, 0.1) is 6.61 Å². The van der Waals surface area contributed by atoms with E-state index >= 15 is 0 Å². The molecule has 114 valence electrons. The van der Waals surface area contributed by atoms with E-state index in [2.05, 4.69) is 54.6 Å². The summed E-state index contributed by atoms with van der Waals surface area (Å²) in [5.41, 5.74) is 6.65. The predicted molar refractivity (Wildman–Crippen MR) is 89.9 cm³/mol. The highest BCUT2D eigenvalue weighted by molar-refractivity contribution is 5.85. The molecule has 0 radical (unpaired) electrons. The topological polar surface area (TPSA) is 18.5 Å². The number of aryl methyl sites for hydroxylation is 1. The van der Waals surface area contributed by atoms with Gasteiger partial charge in [-0.05, 0) is 40.7 Å². The molecule has 1 aliphatic carbocycles. The van der Waals surface area contributed by atoms with Crippen molar-refractivity contribution in [1.29, 1.82) is 0 Å². The Morgan fingerprint density at radius 3 is 2.36 bits per heavy atom. The summed E-state index contributed by atoms with van der Waals surface area (Å²) in [5.74, 6) is 0. The fourth-order valence-corrected chi connectivity index (χ4v) is 3.28. The maximum absolute atomic E-state index is 5.71. The van der Waals surface area contributed by atoms with E-state index in [1.807, 2.05) is 0 Å². The molecule has 0 saturated carbocycles. The van der Waals surface area contributed by atoms with Gasteiger partial charge in [0.2, 0.25) is 0 Å². The largest absolute Gasteiger partial charge is 0.382 e. The van der Waals surface area contributed by atoms with E-state index in [1.54, 1.807) is 14.2 Å². The minimum atomic E-state index is 0.00793. The Labute approximate surface area is 132 Å². The number of hydrogen-bond acceptors (Lipinski definition) is 2. The molecule has 22 heavy (non-hydrogen) atoms. The van der Waals surface area contributed by atoms with E-state index in [0.717, 1.165) is 12.8 Å². The summed E-state index contributed by atoms with van der Waals surface area (Å²) in [6, 6.07) is 19.3. The van der Waals surface area contributed by atoms with Gasteiger partial charge in [0.15, 0.2) is 0 Å². The van der Waals surface area contributed by atoms with Crippen LogP contribution in [0.5, 0.6) is 0 Å². The number of benzene rings is 2. The molecule has 2 nitrogen and oxygen atoms in total. The van der Waals surface area contributed by atoms with Crippen molar-refractivity contribution in [3.63, 3.8) is 0 Å². The minimum Gasteiger partial charge on any atom is -0.382 e. The second kappa shape index (κ2) is 6.91. The van der Waals surface area contributed by atoms with Gasteiger partial charge < -0.3 is 9.47 Å². The normalized spacial score (nSPS) is 15.5. The van der Waals surface area contributed by atoms with Crippen molar-refractivity contribution >= 4 is 5.57 Å². The Kier molecular flexibility index (Phi) is 4.71. The lowest BCUT2D eigenvalue weighted by Gasteiger charge is -2.28. The number of methoxy groups -OCH3 is 2. The zero-order valence-corrected chi connectivity index (χ0v) is 13.2. The molecule has 0 N–H and O–H groups in total. The number of ether oxygens (including phenoxy) is 2. The molecule has 0 heterocycles. The molecule has 0 spiro atoms. The fourth-order valence-electron chi connectivity index (χ4n) is 3.28. The van der Waals surface area contributed by atoms with Crippen molar-refractivity contribution in [2.75, 3.05) is 20.8 Å². The summed E-state index contributed by atoms with van der Waals surface area (Å²) in [6.07, 6.45) is 2.09. The van der Waals surface area contributed by atoms with Crippen molar-refractivity contribution in [1.82, 2.24) is 0 Å². The van der Waals surface area contributed by atoms with E-state index in [4.69, 9.17) is 9.47 Å². The van der Waals surface area contributed by atoms with Crippen LogP contribution in [-0.4, -0.2) is 26.9 Å². The second-order valence-corrected chi connectivity index (χ2v) is 5.60. The van der Waals surface area contributed by atoms with Crippen LogP contribution < -0.4 is 0 Å². The first kappa shape index (κ1) is 15.0. The summed E-state index contributed by atoms with van der Waals surface area (Å²) < 4.78 is 11.1. The minimum absolute atomic E-state index is 0.00793. The molecule has 0 saturated heterocycles. The molecule has 1 aliphatic rings. The third kappa shape index (κ3) is 2.85. The molecule has 0 aliphatic heterocycles. The molecule has 2 aromatic rings. The highest BCUT2D eigenvalue weighted by atomic mass is 16.5. The molecule has 0 bridgehead atoms. The van der Waals surface area contributed by atoms with Crippen LogP contribution in [0.4, 0.5) is 0 Å². The molecule has 1 unspecified atom stereocenters. The predicted octanol–water partition coefficient (Wildman–Crippen LogP) is 4.10. The van der Waals surface area contributed by atoms with Crippen LogP contribution in [-0.2, 0) is 15.9 Å². The standard InChI is InChI=1S/C20H22O2/c1-21-14-19(22-2)18-13-12-15-8-6-7-11-17(15)20(18)16-9-4-3-5-10-16/h3-11,19H,12-14H2,1-2H3. The first-order valence-corrected chi connectivity index (χ1v) is 7.73. The van der Waals surface area contributed by atoms with Gasteiger partial charge in [-0.2, -0.15) is 0 Å². The quantitative estimate of drug-likeness (QED) is 0.826. The summed E-state index contributed by atoms with van der Waals surface area (Å²) in [5, 5.41) is 0. The Hall–Kier alpha value is -1.90. The summed E-state index contributed by atoms with van der Waals surface area (Å²) in [7, 11) is 3.49. The number of fused-ring (bicyclic) bond motifs is 1. The van der Waals surface area contributed by atoms with Crippen molar-refractivity contribution in [3.05, 3.63) is 76.9 Å². The average Bonchev–Trinajstić information content (AvgIpc) is 2.59. The molecule has 2 heteroatoms. The molecular weight excluding hydrogens is 272 g/mol. The van der Waals surface area contributed by atoms with Crippen molar-refractivity contribution < 1.29 is 9.47 Å². The number of hydrogen-bond donors (Lipinski definition) is 0. The van der Waals surface area contributed by atoms with Crippen LogP contribution >= 0.6 is 0 Å². The van der Waals surface area contributed by atoms with Crippen molar-refractivity contribution in [2.45, 2.75) is 18.9 Å². The maximum Gasteiger partial charge on any atom is 0.102 e. The van der Waals surface area contributed by atoms with Crippen molar-refractivity contribution in [2.24, 2.45) is 0 Å². The fraction of sp³-hybridized carbons (Fsp3) is 0.300. The molecule has 2 aromatic carbocycles. The van der Waals surface area contributed by atoms with Crippen LogP contribution in [0.15, 0.2) is 60.2 Å². The van der Waals surface area contributed by atoms with E-state index in [9.17, 15) is 0 Å². The molecule has 0 amide bonds. The van der Waals surface area contributed by atoms with Gasteiger partial charge >= 0.3 is 0 Å². The van der Waals surface area contributed by atoms with E-state index in [0.29, 0.717) is 6.61 Å². The SMILES string of the molecule is COCC(OC)C1=C(c2ccccc2)c2ccccc2CC1. The molecule has 0 fully saturated rings. The average molecular weight is 294 g/mol. The van der Waals surface area contributed by atoms with Crippen LogP contribution in [0.3, 0.4) is 0 Å². The van der Waals surface area contributed by atoms with Gasteiger partial charge in [-0.3, -0.25) is 0 Å². The Balaban J connectivity index is 2.18. The lowest BCUT2D eigenvalue weighted by atomic mass is 9.80. The van der Waals surface area contributed by atoms with Gasteiger partial charge in [0.1, 0.15) is 6.10 Å². The lowest BCUT2D eigenvalue weighted by molar-refractivity contribution is 0.0487. The zero-order valence-electron chi connectivity index (χ0n) is 13.2. The number of rotatable bonds is 5. The highest BCUT2D eigenvalue weighted by Gasteiger charge is 2.25. The Morgan fingerprint density at radius 2 is 1.64 bits per heavy atom. The van der Waals surface area contributed by atoms with Gasteiger partial charge in [-0.1, -0.05) is 54.6 Å². The van der Waals surface area contributed by atoms with Crippen LogP contribution in [0.1, 0.15) is 23.1 Å². The zero-order chi connectivity index (χ0) is 15.4. The van der Waals surface area contributed by atoms with Gasteiger partial charge in [-0.15, -0.1) is 0 Å². The van der Waals surface area contributed by atoms with Crippen LogP contribution in [0.25, 0.3) is 5.57 Å². The third-order valence-electron chi connectivity index (χ3n) is 4.33. The molecule has 3 rings (SSSR count). The Morgan fingerprint density at radius 1 is 0.909 bits per heavy atom. The van der Waals surface area contributed by atoms with E-state index in [1.165, 1.54) is 27.8 Å². The smallest absolute Gasteiger partial charge is 0.102 e. The molecule has 1 atom stereocenters. The van der Waals surface area contributed by atoms with Gasteiger partial charge in [-0.25, -0.2) is 0 Å². The summed E-state index contributed by atoms with van der Waals surface area (Å²) in [6.45, 7) is 0.588. The lowest BCUT2D eigenvalue weighted by Crippen LogP contribution is -2.24. The first-order valence-electron chi connectivity index (χ1n) is 7.73. The second-order valence-electron chi connectivity index (χ2n) is 5.60. The summed E-state index contributed by atoms with van der Waals surface area (Å²) >= 11 is 0. The van der Waals surface area contributed by atoms with Crippen LogP contribution in [0.2, 0.25) is 0 Å². The van der Waals surface area contributed by atoms with Gasteiger partial charge in [0.25, 0.3) is 0 Å². The van der Waals surface area contributed by atoms with E-state index < -0.39 is 0 Å². The monoisotopic (exact) mass is 294 g/mol. The van der Waals surface area contributed by atoms with E-state index in [-0.39, 0.29) is 6.10 Å². The molecule has 0 aromatic heterocycles. The molecular formula is C20H22O2. The first-order chi connectivity index (χ1) is 10.8. The summed E-state index contributed by atoms with van der Waals surface area (Å²) in [4.78, 5) is 0. The van der Waals surface area contributed by atoms with Crippen LogP contribution in [0, 0.1) is 0 Å². The Bertz CT molecular complexity index is 658. The van der Waals surface area contributed by atoms with Gasteiger partial charge in [0, 0.05) is 14.2 Å². The highest BCUT2D eigenvalue weighted by Crippen LogP contribution is 2.37. The third-order valence-corrected chi connectivity index (χ3v) is 4.33. The van der Waals surface area contributed by atoms with Crippen molar-refractivity contribution in [3.8, 4) is 0 Å². The maximum atomic E-state index is 5.71.